The molecule has 0 bridgehead atoms. The molecule has 4 rings (SSSR count). The number of hydrogen-bond acceptors (Lipinski definition) is 3. The molecule has 0 saturated carbocycles. The van der Waals surface area contributed by atoms with Crippen molar-refractivity contribution in [2.24, 2.45) is 0 Å². The minimum Gasteiger partial charge on any atom is -0.481 e. The minimum atomic E-state index is -0.976. The Morgan fingerprint density at radius 3 is 2.13 bits per heavy atom. The van der Waals surface area contributed by atoms with E-state index in [1.165, 1.54) is 0 Å². The lowest BCUT2D eigenvalue weighted by Crippen LogP contribution is -2.39. The van der Waals surface area contributed by atoms with Crippen molar-refractivity contribution in [3.05, 3.63) is 94.0 Å². The number of amides is 1. The molecule has 1 amide bonds. The number of ether oxygens (including phenoxy) is 1. The molecule has 2 N–H and O–H groups in total. The van der Waals surface area contributed by atoms with Crippen LogP contribution in [-0.4, -0.2) is 29.8 Å². The highest BCUT2D eigenvalue weighted by atomic mass is 79.9. The van der Waals surface area contributed by atoms with Gasteiger partial charge in [0.25, 0.3) is 0 Å². The summed E-state index contributed by atoms with van der Waals surface area (Å²) in [6.45, 7) is 0.189. The molecule has 1 aliphatic rings. The van der Waals surface area contributed by atoms with Crippen LogP contribution in [0.1, 0.15) is 29.0 Å². The number of halogens is 1. The van der Waals surface area contributed by atoms with Crippen molar-refractivity contribution < 1.29 is 19.4 Å². The summed E-state index contributed by atoms with van der Waals surface area (Å²) in [7, 11) is 0. The van der Waals surface area contributed by atoms with Gasteiger partial charge in [-0.25, -0.2) is 4.79 Å². The number of carbonyl (C=O) groups excluding carboxylic acids is 1. The highest BCUT2D eigenvalue weighted by molar-refractivity contribution is 9.10. The minimum absolute atomic E-state index is 0.0423. The predicted octanol–water partition coefficient (Wildman–Crippen LogP) is 5.37. The van der Waals surface area contributed by atoms with E-state index in [4.69, 9.17) is 4.74 Å². The molecule has 0 aromatic heterocycles. The average Bonchev–Trinajstić information content (AvgIpc) is 3.07. The summed E-state index contributed by atoms with van der Waals surface area (Å²) in [5, 5.41) is 12.0. The molecular weight excluding hydrogens is 458 g/mol. The van der Waals surface area contributed by atoms with Crippen LogP contribution in [0.15, 0.2) is 77.3 Å². The molecule has 1 atom stereocenters. The maximum Gasteiger partial charge on any atom is 0.407 e. The first-order valence-corrected chi connectivity index (χ1v) is 10.9. The Hall–Kier alpha value is -3.12. The molecule has 0 fully saturated rings. The van der Waals surface area contributed by atoms with Crippen molar-refractivity contribution in [2.75, 3.05) is 6.61 Å². The molecule has 1 unspecified atom stereocenters. The Morgan fingerprint density at radius 1 is 0.935 bits per heavy atom. The first-order valence-electron chi connectivity index (χ1n) is 10.1. The Bertz CT molecular complexity index is 1070. The van der Waals surface area contributed by atoms with E-state index in [1.807, 2.05) is 48.5 Å². The van der Waals surface area contributed by atoms with Gasteiger partial charge >= 0.3 is 12.1 Å². The van der Waals surface area contributed by atoms with Gasteiger partial charge in [0.1, 0.15) is 6.61 Å². The van der Waals surface area contributed by atoms with Crippen LogP contribution in [0.2, 0.25) is 0 Å². The highest BCUT2D eigenvalue weighted by Crippen LogP contribution is 2.44. The molecule has 0 aliphatic heterocycles. The van der Waals surface area contributed by atoms with E-state index in [1.54, 1.807) is 0 Å². The van der Waals surface area contributed by atoms with Crippen molar-refractivity contribution >= 4 is 28.0 Å². The van der Waals surface area contributed by atoms with E-state index in [2.05, 4.69) is 45.5 Å². The number of alkyl carbamates (subject to hydrolysis) is 1. The van der Waals surface area contributed by atoms with Gasteiger partial charge in [-0.1, -0.05) is 82.7 Å². The third-order valence-electron chi connectivity index (χ3n) is 5.51. The van der Waals surface area contributed by atoms with Gasteiger partial charge < -0.3 is 15.2 Å². The Labute approximate surface area is 189 Å². The summed E-state index contributed by atoms with van der Waals surface area (Å²) in [6.07, 6.45) is -0.413. The molecule has 31 heavy (non-hydrogen) atoms. The number of aliphatic carboxylic acids is 1. The van der Waals surface area contributed by atoms with Gasteiger partial charge in [0.05, 0.1) is 6.42 Å². The second kappa shape index (κ2) is 9.35. The number of carboxylic acid groups (broad SMARTS) is 1. The fourth-order valence-corrected chi connectivity index (χ4v) is 4.57. The zero-order valence-corrected chi connectivity index (χ0v) is 18.3. The number of rotatable bonds is 7. The molecule has 0 radical (unpaired) electrons. The molecule has 158 valence electrons. The summed E-state index contributed by atoms with van der Waals surface area (Å²) < 4.78 is 6.44. The van der Waals surface area contributed by atoms with Crippen LogP contribution in [-0.2, 0) is 16.0 Å². The number of nitrogens with one attached hydrogen (secondary N) is 1. The first-order chi connectivity index (χ1) is 15.0. The van der Waals surface area contributed by atoms with Crippen molar-refractivity contribution in [1.82, 2.24) is 5.32 Å². The SMILES string of the molecule is O=C(O)CC(Cc1ccccc1Br)NC(=O)OCC1c2ccccc2-c2ccccc21. The van der Waals surface area contributed by atoms with Gasteiger partial charge in [-0.2, -0.15) is 0 Å². The molecule has 1 aliphatic carbocycles. The molecule has 3 aromatic rings. The summed E-state index contributed by atoms with van der Waals surface area (Å²) in [6, 6.07) is 23.2. The Morgan fingerprint density at radius 2 is 1.52 bits per heavy atom. The quantitative estimate of drug-likeness (QED) is 0.477. The van der Waals surface area contributed by atoms with Crippen LogP contribution < -0.4 is 5.32 Å². The van der Waals surface area contributed by atoms with Crippen molar-refractivity contribution in [3.8, 4) is 11.1 Å². The van der Waals surface area contributed by atoms with Gasteiger partial charge in [-0.3, -0.25) is 4.79 Å². The van der Waals surface area contributed by atoms with Crippen molar-refractivity contribution in [3.63, 3.8) is 0 Å². The number of fused-ring (bicyclic) bond motifs is 3. The van der Waals surface area contributed by atoms with Crippen LogP contribution in [0.3, 0.4) is 0 Å². The fraction of sp³-hybridized carbons (Fsp3) is 0.200. The van der Waals surface area contributed by atoms with Crippen LogP contribution in [0.5, 0.6) is 0 Å². The first kappa shape index (κ1) is 21.1. The van der Waals surface area contributed by atoms with E-state index in [0.29, 0.717) is 6.42 Å². The fourth-order valence-electron chi connectivity index (χ4n) is 4.12. The van der Waals surface area contributed by atoms with Crippen molar-refractivity contribution in [2.45, 2.75) is 24.8 Å². The number of benzene rings is 3. The maximum atomic E-state index is 12.6. The second-order valence-corrected chi connectivity index (χ2v) is 8.41. The topological polar surface area (TPSA) is 75.6 Å². The molecule has 6 heteroatoms. The normalized spacial score (nSPS) is 13.2. The summed E-state index contributed by atoms with van der Waals surface area (Å²) in [5.41, 5.74) is 5.50. The zero-order chi connectivity index (χ0) is 21.8. The van der Waals surface area contributed by atoms with Gasteiger partial charge in [-0.15, -0.1) is 0 Å². The molecule has 3 aromatic carbocycles. The molecule has 0 saturated heterocycles. The summed E-state index contributed by atoms with van der Waals surface area (Å²) >= 11 is 3.47. The highest BCUT2D eigenvalue weighted by Gasteiger charge is 2.29. The Kier molecular flexibility index (Phi) is 6.37. The smallest absolute Gasteiger partial charge is 0.407 e. The van der Waals surface area contributed by atoms with Crippen LogP contribution in [0.25, 0.3) is 11.1 Å². The zero-order valence-electron chi connectivity index (χ0n) is 16.8. The average molecular weight is 480 g/mol. The van der Waals surface area contributed by atoms with Crippen LogP contribution in [0.4, 0.5) is 4.79 Å². The third kappa shape index (κ3) is 4.80. The van der Waals surface area contributed by atoms with Gasteiger partial charge in [0, 0.05) is 16.4 Å². The number of carbonyl (C=O) groups is 2. The molecule has 0 spiro atoms. The summed E-state index contributed by atoms with van der Waals surface area (Å²) in [4.78, 5) is 23.9. The van der Waals surface area contributed by atoms with E-state index in [-0.39, 0.29) is 18.9 Å². The van der Waals surface area contributed by atoms with E-state index >= 15 is 0 Å². The van der Waals surface area contributed by atoms with E-state index < -0.39 is 18.1 Å². The van der Waals surface area contributed by atoms with E-state index in [0.717, 1.165) is 32.3 Å². The maximum absolute atomic E-state index is 12.6. The lowest BCUT2D eigenvalue weighted by Gasteiger charge is -2.19. The lowest BCUT2D eigenvalue weighted by molar-refractivity contribution is -0.137. The second-order valence-electron chi connectivity index (χ2n) is 7.56. The number of hydrogen-bond donors (Lipinski definition) is 2. The molecule has 0 heterocycles. The standard InChI is InChI=1S/C25H22BrNO4/c26-23-12-6-1-7-16(23)13-17(14-24(28)29)27-25(30)31-15-22-20-10-4-2-8-18(20)19-9-3-5-11-21(19)22/h1-12,17,22H,13-15H2,(H,27,30)(H,28,29). The predicted molar refractivity (Wildman–Crippen MR) is 122 cm³/mol. The molecule has 5 nitrogen and oxygen atoms in total. The number of carboxylic acids is 1. The monoisotopic (exact) mass is 479 g/mol. The largest absolute Gasteiger partial charge is 0.481 e. The molecular formula is C25H22BrNO4. The summed E-state index contributed by atoms with van der Waals surface area (Å²) in [5.74, 6) is -1.02. The lowest BCUT2D eigenvalue weighted by atomic mass is 9.98. The van der Waals surface area contributed by atoms with Crippen LogP contribution in [0, 0.1) is 0 Å². The third-order valence-corrected chi connectivity index (χ3v) is 6.28. The Balaban J connectivity index is 1.44. The van der Waals surface area contributed by atoms with Gasteiger partial charge in [0.15, 0.2) is 0 Å². The van der Waals surface area contributed by atoms with E-state index in [9.17, 15) is 14.7 Å². The van der Waals surface area contributed by atoms with Gasteiger partial charge in [0.2, 0.25) is 0 Å². The van der Waals surface area contributed by atoms with Gasteiger partial charge in [-0.05, 0) is 40.3 Å². The van der Waals surface area contributed by atoms with Crippen molar-refractivity contribution in [1.29, 1.82) is 0 Å². The van der Waals surface area contributed by atoms with Crippen LogP contribution >= 0.6 is 15.9 Å².